The maximum absolute atomic E-state index is 12.0. The molecule has 0 fully saturated rings. The lowest BCUT2D eigenvalue weighted by Crippen LogP contribution is -2.30. The summed E-state index contributed by atoms with van der Waals surface area (Å²) in [4.78, 5) is 20.1. The summed E-state index contributed by atoms with van der Waals surface area (Å²) in [6, 6.07) is 11.6. The first-order valence-electron chi connectivity index (χ1n) is 6.54. The van der Waals surface area contributed by atoms with Gasteiger partial charge in [-0.25, -0.2) is 9.97 Å². The number of nitrogen functional groups attached to an aromatic ring is 1. The van der Waals surface area contributed by atoms with Crippen LogP contribution in [0.25, 0.3) is 0 Å². The molecule has 1 heterocycles. The Balaban J connectivity index is 1.85. The standard InChI is InChI=1S/C15H18N4O/c1-11(9-12-5-3-2-4-6-12)15(20)18-10-14-17-8-7-13(16)19-14/h2-8,11H,9-10H2,1H3,(H,18,20)(H2,16,17,19). The van der Waals surface area contributed by atoms with Gasteiger partial charge in [0.1, 0.15) is 11.6 Å². The van der Waals surface area contributed by atoms with Crippen molar-refractivity contribution >= 4 is 11.7 Å². The molecule has 5 heteroatoms. The molecule has 1 amide bonds. The summed E-state index contributed by atoms with van der Waals surface area (Å²) in [7, 11) is 0. The summed E-state index contributed by atoms with van der Waals surface area (Å²) in [6.45, 7) is 2.20. The normalized spacial score (nSPS) is 11.8. The molecule has 0 saturated carbocycles. The van der Waals surface area contributed by atoms with E-state index in [0.717, 1.165) is 5.56 Å². The van der Waals surface area contributed by atoms with Crippen molar-refractivity contribution in [1.29, 1.82) is 0 Å². The van der Waals surface area contributed by atoms with Crippen molar-refractivity contribution in [3.8, 4) is 0 Å². The Morgan fingerprint density at radius 2 is 2.05 bits per heavy atom. The van der Waals surface area contributed by atoms with E-state index in [-0.39, 0.29) is 11.8 Å². The third kappa shape index (κ3) is 4.05. The van der Waals surface area contributed by atoms with Gasteiger partial charge in [0.25, 0.3) is 0 Å². The molecule has 20 heavy (non-hydrogen) atoms. The number of carbonyl (C=O) groups excluding carboxylic acids is 1. The minimum absolute atomic E-state index is 0.0140. The maximum atomic E-state index is 12.0. The van der Waals surface area contributed by atoms with E-state index in [1.807, 2.05) is 37.3 Å². The summed E-state index contributed by atoms with van der Waals surface area (Å²) in [5.41, 5.74) is 6.71. The topological polar surface area (TPSA) is 80.9 Å². The van der Waals surface area contributed by atoms with Gasteiger partial charge in [-0.1, -0.05) is 37.3 Å². The van der Waals surface area contributed by atoms with E-state index >= 15 is 0 Å². The Labute approximate surface area is 118 Å². The number of anilines is 1. The predicted octanol–water partition coefficient (Wildman–Crippen LogP) is 1.55. The average Bonchev–Trinajstić information content (AvgIpc) is 2.46. The Bertz CT molecular complexity index is 571. The molecule has 0 aliphatic carbocycles. The Morgan fingerprint density at radius 1 is 1.30 bits per heavy atom. The molecule has 0 bridgehead atoms. The van der Waals surface area contributed by atoms with Crippen LogP contribution in [0.2, 0.25) is 0 Å². The third-order valence-electron chi connectivity index (χ3n) is 2.98. The number of benzene rings is 1. The Morgan fingerprint density at radius 3 is 2.75 bits per heavy atom. The van der Waals surface area contributed by atoms with Crippen LogP contribution in [-0.4, -0.2) is 15.9 Å². The van der Waals surface area contributed by atoms with E-state index in [0.29, 0.717) is 24.6 Å². The van der Waals surface area contributed by atoms with Crippen molar-refractivity contribution in [3.63, 3.8) is 0 Å². The molecule has 0 radical (unpaired) electrons. The zero-order valence-corrected chi connectivity index (χ0v) is 11.4. The lowest BCUT2D eigenvalue weighted by molar-refractivity contribution is -0.124. The van der Waals surface area contributed by atoms with E-state index in [4.69, 9.17) is 5.73 Å². The van der Waals surface area contributed by atoms with E-state index in [2.05, 4.69) is 15.3 Å². The molecule has 1 aromatic carbocycles. The van der Waals surface area contributed by atoms with E-state index in [1.165, 1.54) is 0 Å². The second-order valence-corrected chi connectivity index (χ2v) is 4.71. The van der Waals surface area contributed by atoms with Gasteiger partial charge in [0, 0.05) is 12.1 Å². The van der Waals surface area contributed by atoms with Crippen molar-refractivity contribution in [2.45, 2.75) is 19.9 Å². The van der Waals surface area contributed by atoms with Crippen molar-refractivity contribution in [2.75, 3.05) is 5.73 Å². The van der Waals surface area contributed by atoms with Gasteiger partial charge in [-0.2, -0.15) is 0 Å². The molecule has 3 N–H and O–H groups in total. The number of carbonyl (C=O) groups is 1. The minimum atomic E-state index is -0.0986. The molecule has 2 rings (SSSR count). The largest absolute Gasteiger partial charge is 0.384 e. The van der Waals surface area contributed by atoms with Crippen LogP contribution in [0, 0.1) is 5.92 Å². The SMILES string of the molecule is CC(Cc1ccccc1)C(=O)NCc1nccc(N)n1. The number of nitrogens with zero attached hydrogens (tertiary/aromatic N) is 2. The average molecular weight is 270 g/mol. The molecule has 0 aliphatic heterocycles. The lowest BCUT2D eigenvalue weighted by atomic mass is 10.0. The Kier molecular flexibility index (Phi) is 4.65. The zero-order valence-electron chi connectivity index (χ0n) is 11.4. The summed E-state index contributed by atoms with van der Waals surface area (Å²) >= 11 is 0. The quantitative estimate of drug-likeness (QED) is 0.863. The number of amides is 1. The predicted molar refractivity (Wildman–Crippen MR) is 77.6 cm³/mol. The van der Waals surface area contributed by atoms with Gasteiger partial charge in [-0.3, -0.25) is 4.79 Å². The van der Waals surface area contributed by atoms with Crippen molar-refractivity contribution in [2.24, 2.45) is 5.92 Å². The maximum Gasteiger partial charge on any atom is 0.223 e. The van der Waals surface area contributed by atoms with Crippen molar-refractivity contribution in [3.05, 3.63) is 54.0 Å². The third-order valence-corrected chi connectivity index (χ3v) is 2.98. The van der Waals surface area contributed by atoms with E-state index in [9.17, 15) is 4.79 Å². The first kappa shape index (κ1) is 14.0. The van der Waals surface area contributed by atoms with Gasteiger partial charge in [0.2, 0.25) is 5.91 Å². The zero-order chi connectivity index (χ0) is 14.4. The number of rotatable bonds is 5. The summed E-state index contributed by atoms with van der Waals surface area (Å²) in [5, 5.41) is 2.83. The highest BCUT2D eigenvalue weighted by Gasteiger charge is 2.13. The van der Waals surface area contributed by atoms with E-state index < -0.39 is 0 Å². The minimum Gasteiger partial charge on any atom is -0.384 e. The molecule has 5 nitrogen and oxygen atoms in total. The van der Waals surface area contributed by atoms with Crippen LogP contribution in [-0.2, 0) is 17.8 Å². The van der Waals surface area contributed by atoms with Crippen molar-refractivity contribution in [1.82, 2.24) is 15.3 Å². The molecule has 1 atom stereocenters. The van der Waals surface area contributed by atoms with Gasteiger partial charge in [0.15, 0.2) is 0 Å². The first-order chi connectivity index (χ1) is 9.65. The van der Waals surface area contributed by atoms with Gasteiger partial charge >= 0.3 is 0 Å². The van der Waals surface area contributed by atoms with Crippen LogP contribution in [0.15, 0.2) is 42.6 Å². The fourth-order valence-corrected chi connectivity index (χ4v) is 1.90. The lowest BCUT2D eigenvalue weighted by Gasteiger charge is -2.11. The molecule has 1 unspecified atom stereocenters. The van der Waals surface area contributed by atoms with Gasteiger partial charge < -0.3 is 11.1 Å². The second kappa shape index (κ2) is 6.65. The number of hydrogen-bond acceptors (Lipinski definition) is 4. The summed E-state index contributed by atoms with van der Waals surface area (Å²) < 4.78 is 0. The highest BCUT2D eigenvalue weighted by Crippen LogP contribution is 2.08. The molecular weight excluding hydrogens is 252 g/mol. The van der Waals surface area contributed by atoms with Crippen LogP contribution in [0.3, 0.4) is 0 Å². The molecule has 0 saturated heterocycles. The number of nitrogens with two attached hydrogens (primary N) is 1. The van der Waals surface area contributed by atoms with Gasteiger partial charge in [-0.15, -0.1) is 0 Å². The second-order valence-electron chi connectivity index (χ2n) is 4.71. The molecular formula is C15H18N4O. The monoisotopic (exact) mass is 270 g/mol. The number of nitrogens with one attached hydrogen (secondary N) is 1. The van der Waals surface area contributed by atoms with Crippen molar-refractivity contribution < 1.29 is 4.79 Å². The smallest absolute Gasteiger partial charge is 0.223 e. The molecule has 2 aromatic rings. The summed E-state index contributed by atoms with van der Waals surface area (Å²) in [5.74, 6) is 0.810. The van der Waals surface area contributed by atoms with Gasteiger partial charge in [-0.05, 0) is 18.1 Å². The molecule has 1 aromatic heterocycles. The first-order valence-corrected chi connectivity index (χ1v) is 6.54. The van der Waals surface area contributed by atoms with Crippen LogP contribution >= 0.6 is 0 Å². The molecule has 104 valence electrons. The highest BCUT2D eigenvalue weighted by molar-refractivity contribution is 5.78. The fourth-order valence-electron chi connectivity index (χ4n) is 1.90. The van der Waals surface area contributed by atoms with Crippen LogP contribution in [0.4, 0.5) is 5.82 Å². The number of hydrogen-bond donors (Lipinski definition) is 2. The van der Waals surface area contributed by atoms with E-state index in [1.54, 1.807) is 12.3 Å². The van der Waals surface area contributed by atoms with Crippen LogP contribution in [0.5, 0.6) is 0 Å². The summed E-state index contributed by atoms with van der Waals surface area (Å²) in [6.07, 6.45) is 2.29. The van der Waals surface area contributed by atoms with Crippen LogP contribution in [0.1, 0.15) is 18.3 Å². The molecule has 0 aliphatic rings. The highest BCUT2D eigenvalue weighted by atomic mass is 16.1. The number of aromatic nitrogens is 2. The molecule has 0 spiro atoms. The fraction of sp³-hybridized carbons (Fsp3) is 0.267. The van der Waals surface area contributed by atoms with Gasteiger partial charge in [0.05, 0.1) is 6.54 Å². The van der Waals surface area contributed by atoms with Crippen LogP contribution < -0.4 is 11.1 Å². The Hall–Kier alpha value is -2.43.